The first-order valence-corrected chi connectivity index (χ1v) is 12.3. The zero-order chi connectivity index (χ0) is 22.1. The van der Waals surface area contributed by atoms with E-state index in [1.165, 1.54) is 27.8 Å². The maximum atomic E-state index is 12.8. The predicted molar refractivity (Wildman–Crippen MR) is 121 cm³/mol. The van der Waals surface area contributed by atoms with Crippen molar-refractivity contribution in [3.05, 3.63) is 52.9 Å². The molecule has 3 heterocycles. The number of nitrogens with one attached hydrogen (secondary N) is 2. The molecule has 32 heavy (non-hydrogen) atoms. The highest BCUT2D eigenvalue weighted by Crippen LogP contribution is 2.31. The van der Waals surface area contributed by atoms with Crippen molar-refractivity contribution in [2.24, 2.45) is 4.99 Å². The van der Waals surface area contributed by atoms with Crippen LogP contribution in [0.25, 0.3) is 0 Å². The number of benzene rings is 1. The fraction of sp³-hybridized carbons (Fsp3) is 0.450. The maximum Gasteiger partial charge on any atom is 0.416 e. The average molecular weight is 509 g/mol. The van der Waals surface area contributed by atoms with Crippen molar-refractivity contribution in [2.45, 2.75) is 35.3 Å². The van der Waals surface area contributed by atoms with Crippen LogP contribution in [0.1, 0.15) is 24.0 Å². The molecule has 2 N–H and O–H groups in total. The lowest BCUT2D eigenvalue weighted by Crippen LogP contribution is -2.64. The van der Waals surface area contributed by atoms with Gasteiger partial charge in [0, 0.05) is 26.2 Å². The summed E-state index contributed by atoms with van der Waals surface area (Å²) in [4.78, 5) is 4.61. The van der Waals surface area contributed by atoms with Crippen molar-refractivity contribution >= 4 is 39.6 Å². The normalized spacial score (nSPS) is 19.3. The summed E-state index contributed by atoms with van der Waals surface area (Å²) in [7, 11) is -3.49. The molecule has 0 atom stereocenters. The molecule has 2 aliphatic heterocycles. The third-order valence-electron chi connectivity index (χ3n) is 5.70. The molecule has 6 nitrogen and oxygen atoms in total. The van der Waals surface area contributed by atoms with Gasteiger partial charge in [-0.2, -0.15) is 17.5 Å². The fourth-order valence-electron chi connectivity index (χ4n) is 3.98. The first kappa shape index (κ1) is 25.0. The van der Waals surface area contributed by atoms with Crippen molar-refractivity contribution in [3.63, 3.8) is 0 Å². The second-order valence-electron chi connectivity index (χ2n) is 7.62. The van der Waals surface area contributed by atoms with Gasteiger partial charge in [0.25, 0.3) is 10.0 Å². The average Bonchev–Trinajstić information content (AvgIpc) is 3.29. The van der Waals surface area contributed by atoms with Crippen LogP contribution in [-0.2, 0) is 22.7 Å². The molecule has 1 aromatic carbocycles. The zero-order valence-corrected chi connectivity index (χ0v) is 19.5. The minimum atomic E-state index is -4.36. The summed E-state index contributed by atoms with van der Waals surface area (Å²) in [5.41, 5.74) is -0.413. The molecule has 2 aromatic rings. The third-order valence-corrected chi connectivity index (χ3v) is 8.98. The Balaban J connectivity index is 0.00000289. The number of piperidine rings is 1. The van der Waals surface area contributed by atoms with Gasteiger partial charge >= 0.3 is 6.18 Å². The van der Waals surface area contributed by atoms with E-state index in [9.17, 15) is 21.6 Å². The number of nitrogens with zero attached hydrogens (tertiary/aromatic N) is 2. The molecule has 1 fully saturated rings. The molecule has 0 radical (unpaired) electrons. The van der Waals surface area contributed by atoms with Gasteiger partial charge in [-0.05, 0) is 42.0 Å². The first-order chi connectivity index (χ1) is 14.7. The topological polar surface area (TPSA) is 73.8 Å². The predicted octanol–water partition coefficient (Wildman–Crippen LogP) is 3.50. The van der Waals surface area contributed by atoms with Gasteiger partial charge in [0.1, 0.15) is 10.0 Å². The molecule has 1 aromatic heterocycles. The highest BCUT2D eigenvalue weighted by atomic mass is 35.5. The van der Waals surface area contributed by atoms with E-state index in [4.69, 9.17) is 0 Å². The highest BCUT2D eigenvalue weighted by molar-refractivity contribution is 7.91. The summed E-state index contributed by atoms with van der Waals surface area (Å²) in [6.07, 6.45) is -3.22. The number of halogens is 4. The molecule has 2 aliphatic rings. The van der Waals surface area contributed by atoms with Crippen LogP contribution in [0.3, 0.4) is 0 Å². The van der Waals surface area contributed by atoms with Gasteiger partial charge in [0.15, 0.2) is 0 Å². The van der Waals surface area contributed by atoms with E-state index in [-0.39, 0.29) is 12.4 Å². The van der Waals surface area contributed by atoms with Gasteiger partial charge < -0.3 is 10.6 Å². The largest absolute Gasteiger partial charge is 0.416 e. The van der Waals surface area contributed by atoms with E-state index in [1.54, 1.807) is 17.5 Å². The zero-order valence-electron chi connectivity index (χ0n) is 17.1. The molecule has 1 spiro atoms. The number of hydrogen-bond acceptors (Lipinski definition) is 6. The minimum Gasteiger partial charge on any atom is -0.368 e. The summed E-state index contributed by atoms with van der Waals surface area (Å²) in [5.74, 6) is 0.742. The summed E-state index contributed by atoms with van der Waals surface area (Å²) in [5, 5.41) is 8.52. The van der Waals surface area contributed by atoms with Gasteiger partial charge in [-0.15, -0.1) is 23.7 Å². The second kappa shape index (κ2) is 9.68. The van der Waals surface area contributed by atoms with E-state index in [1.807, 2.05) is 0 Å². The van der Waals surface area contributed by atoms with Crippen molar-refractivity contribution in [3.8, 4) is 0 Å². The highest BCUT2D eigenvalue weighted by Gasteiger charge is 2.43. The molecule has 1 saturated heterocycles. The number of amidine groups is 1. The van der Waals surface area contributed by atoms with Gasteiger partial charge in [-0.25, -0.2) is 8.42 Å². The summed E-state index contributed by atoms with van der Waals surface area (Å²) >= 11 is 1.21. The van der Waals surface area contributed by atoms with Crippen LogP contribution in [0.15, 0.2) is 51.0 Å². The van der Waals surface area contributed by atoms with Gasteiger partial charge in [0.05, 0.1) is 17.6 Å². The number of alkyl halides is 3. The van der Waals surface area contributed by atoms with E-state index in [0.29, 0.717) is 55.3 Å². The number of aliphatic imine (C=N–C) groups is 1. The maximum absolute atomic E-state index is 12.8. The fourth-order valence-corrected chi connectivity index (χ4v) is 6.57. The molecule has 0 amide bonds. The van der Waals surface area contributed by atoms with E-state index >= 15 is 0 Å². The Bertz CT molecular complexity index is 1030. The molecule has 0 unspecified atom stereocenters. The standard InChI is InChI=1S/C20H23F3N4O2S2.ClH/c21-20(22,23)16-5-3-15(4-6-16)14-25-18-19(26-10-9-24-18)7-11-27(12-8-19)31(28,29)17-2-1-13-30-17;/h1-6,13,26H,7-12,14H2,(H,24,25);1H. The lowest BCUT2D eigenvalue weighted by atomic mass is 9.85. The quantitative estimate of drug-likeness (QED) is 0.663. The molecule has 0 bridgehead atoms. The number of hydrogen-bond donors (Lipinski definition) is 2. The molecule has 12 heteroatoms. The van der Waals surface area contributed by atoms with E-state index < -0.39 is 27.3 Å². The molecular weight excluding hydrogens is 485 g/mol. The van der Waals surface area contributed by atoms with Crippen LogP contribution in [0.2, 0.25) is 0 Å². The number of sulfonamides is 1. The number of rotatable bonds is 4. The van der Waals surface area contributed by atoms with E-state index in [0.717, 1.165) is 18.0 Å². The van der Waals surface area contributed by atoms with Crippen LogP contribution >= 0.6 is 23.7 Å². The van der Waals surface area contributed by atoms with Gasteiger partial charge in [-0.1, -0.05) is 18.2 Å². The first-order valence-electron chi connectivity index (χ1n) is 9.94. The summed E-state index contributed by atoms with van der Waals surface area (Å²) in [6.45, 7) is 2.37. The molecule has 176 valence electrons. The van der Waals surface area contributed by atoms with Crippen LogP contribution in [0.5, 0.6) is 0 Å². The van der Waals surface area contributed by atoms with Crippen LogP contribution in [-0.4, -0.2) is 50.3 Å². The molecule has 4 rings (SSSR count). The van der Waals surface area contributed by atoms with Crippen LogP contribution < -0.4 is 10.6 Å². The van der Waals surface area contributed by atoms with Crippen molar-refractivity contribution < 1.29 is 21.6 Å². The Morgan fingerprint density at radius 3 is 2.44 bits per heavy atom. The summed E-state index contributed by atoms with van der Waals surface area (Å²) < 4.78 is 65.7. The molecule has 0 saturated carbocycles. The third kappa shape index (κ3) is 5.12. The Morgan fingerprint density at radius 2 is 1.84 bits per heavy atom. The smallest absolute Gasteiger partial charge is 0.368 e. The minimum absolute atomic E-state index is 0. The van der Waals surface area contributed by atoms with E-state index in [2.05, 4.69) is 15.6 Å². The lowest BCUT2D eigenvalue weighted by Gasteiger charge is -2.44. The molecular formula is C20H24ClF3N4O2S2. The van der Waals surface area contributed by atoms with Crippen molar-refractivity contribution in [2.75, 3.05) is 26.2 Å². The van der Waals surface area contributed by atoms with Crippen molar-refractivity contribution in [1.29, 1.82) is 0 Å². The summed E-state index contributed by atoms with van der Waals surface area (Å²) in [6, 6.07) is 8.39. The lowest BCUT2D eigenvalue weighted by molar-refractivity contribution is -0.137. The monoisotopic (exact) mass is 508 g/mol. The Hall–Kier alpha value is -1.66. The van der Waals surface area contributed by atoms with Gasteiger partial charge in [0.2, 0.25) is 0 Å². The Morgan fingerprint density at radius 1 is 1.16 bits per heavy atom. The number of thiophene rings is 1. The van der Waals surface area contributed by atoms with Crippen molar-refractivity contribution in [1.82, 2.24) is 14.9 Å². The van der Waals surface area contributed by atoms with Crippen LogP contribution in [0, 0.1) is 0 Å². The molecule has 0 aliphatic carbocycles. The van der Waals surface area contributed by atoms with Gasteiger partial charge in [-0.3, -0.25) is 4.99 Å². The van der Waals surface area contributed by atoms with Crippen LogP contribution in [0.4, 0.5) is 13.2 Å². The SMILES string of the molecule is Cl.O=S(=O)(c1cccs1)N1CCC2(CC1)NCCN=C2NCc1ccc(C(F)(F)F)cc1. The Kier molecular flexibility index (Phi) is 7.55. The second-order valence-corrected chi connectivity index (χ2v) is 10.7. The Labute approximate surface area is 195 Å².